The first-order valence-corrected chi connectivity index (χ1v) is 8.67. The third-order valence-electron chi connectivity index (χ3n) is 3.53. The van der Waals surface area contributed by atoms with E-state index in [2.05, 4.69) is 64.6 Å². The zero-order valence-corrected chi connectivity index (χ0v) is 15.9. The number of nitrogens with zero attached hydrogens (tertiary/aromatic N) is 1. The average molecular weight is 401 g/mol. The number of hydrogen-bond acceptors (Lipinski definition) is 3. The molecule has 1 aliphatic rings. The van der Waals surface area contributed by atoms with Crippen molar-refractivity contribution in [3.63, 3.8) is 0 Å². The predicted octanol–water partition coefficient (Wildman–Crippen LogP) is 5.21. The second kappa shape index (κ2) is 7.64. The van der Waals surface area contributed by atoms with Gasteiger partial charge >= 0.3 is 0 Å². The minimum atomic E-state index is 0. The van der Waals surface area contributed by atoms with Crippen LogP contribution in [0.25, 0.3) is 5.57 Å². The number of hydrogen-bond donors (Lipinski definition) is 0. The van der Waals surface area contributed by atoms with Crippen molar-refractivity contribution in [2.75, 3.05) is 20.6 Å². The summed E-state index contributed by atoms with van der Waals surface area (Å²) < 4.78 is 7.07. The molecule has 0 atom stereocenters. The standard InChI is InChI=1S/C17H18BrNOS.ClH/c1-19(2)8-3-4-14-15-10-13(18)5-6-16(15)20-11-12-7-9-21-17(12)14;/h4-7,9-10H,3,8,11H2,1-2H3;1H/b14-4+;. The van der Waals surface area contributed by atoms with Crippen LogP contribution in [0.4, 0.5) is 0 Å². The first kappa shape index (κ1) is 17.5. The van der Waals surface area contributed by atoms with Gasteiger partial charge in [0.2, 0.25) is 0 Å². The van der Waals surface area contributed by atoms with Crippen LogP contribution in [0.15, 0.2) is 40.2 Å². The second-order valence-corrected chi connectivity index (χ2v) is 7.25. The lowest BCUT2D eigenvalue weighted by atomic mass is 10.0. The Morgan fingerprint density at radius 2 is 2.14 bits per heavy atom. The Bertz CT molecular complexity index is 681. The lowest BCUT2D eigenvalue weighted by Gasteiger charge is -2.11. The van der Waals surface area contributed by atoms with Crippen LogP contribution >= 0.6 is 39.7 Å². The molecule has 0 saturated heterocycles. The fourth-order valence-electron chi connectivity index (χ4n) is 2.47. The van der Waals surface area contributed by atoms with Crippen molar-refractivity contribution in [1.29, 1.82) is 0 Å². The summed E-state index contributed by atoms with van der Waals surface area (Å²) in [5, 5.41) is 2.15. The van der Waals surface area contributed by atoms with Crippen molar-refractivity contribution in [2.24, 2.45) is 0 Å². The topological polar surface area (TPSA) is 12.5 Å². The summed E-state index contributed by atoms with van der Waals surface area (Å²) in [4.78, 5) is 3.55. The summed E-state index contributed by atoms with van der Waals surface area (Å²) in [5.41, 5.74) is 3.77. The van der Waals surface area contributed by atoms with Crippen LogP contribution in [0.1, 0.15) is 22.4 Å². The molecule has 0 N–H and O–H groups in total. The van der Waals surface area contributed by atoms with Gasteiger partial charge in [0.15, 0.2) is 0 Å². The molecule has 22 heavy (non-hydrogen) atoms. The minimum absolute atomic E-state index is 0. The SMILES string of the molecule is CN(C)CC/C=C1\c2cc(Br)ccc2OCc2ccsc21.Cl. The molecular formula is C17H19BrClNOS. The molecule has 0 saturated carbocycles. The van der Waals surface area contributed by atoms with E-state index >= 15 is 0 Å². The van der Waals surface area contributed by atoms with Gasteiger partial charge in [-0.15, -0.1) is 23.7 Å². The van der Waals surface area contributed by atoms with E-state index in [1.54, 1.807) is 11.3 Å². The molecule has 0 radical (unpaired) electrons. The highest BCUT2D eigenvalue weighted by atomic mass is 79.9. The van der Waals surface area contributed by atoms with E-state index in [9.17, 15) is 0 Å². The molecular weight excluding hydrogens is 382 g/mol. The van der Waals surface area contributed by atoms with Crippen molar-refractivity contribution >= 4 is 45.2 Å². The van der Waals surface area contributed by atoms with E-state index in [4.69, 9.17) is 4.74 Å². The maximum Gasteiger partial charge on any atom is 0.127 e. The smallest absolute Gasteiger partial charge is 0.127 e. The number of benzene rings is 1. The van der Waals surface area contributed by atoms with Gasteiger partial charge in [-0.25, -0.2) is 0 Å². The summed E-state index contributed by atoms with van der Waals surface area (Å²) >= 11 is 5.38. The maximum atomic E-state index is 5.98. The van der Waals surface area contributed by atoms with Crippen LogP contribution in [0, 0.1) is 0 Å². The van der Waals surface area contributed by atoms with Gasteiger partial charge in [-0.05, 0) is 55.7 Å². The molecule has 0 spiro atoms. The fraction of sp³-hybridized carbons (Fsp3) is 0.294. The molecule has 1 aromatic carbocycles. The fourth-order valence-corrected chi connectivity index (χ4v) is 3.80. The highest BCUT2D eigenvalue weighted by Gasteiger charge is 2.20. The van der Waals surface area contributed by atoms with Crippen molar-refractivity contribution in [2.45, 2.75) is 13.0 Å². The van der Waals surface area contributed by atoms with Crippen molar-refractivity contribution in [3.05, 3.63) is 56.2 Å². The van der Waals surface area contributed by atoms with Crippen LogP contribution in [-0.2, 0) is 6.61 Å². The summed E-state index contributed by atoms with van der Waals surface area (Å²) in [6, 6.07) is 8.41. The Morgan fingerprint density at radius 3 is 2.91 bits per heavy atom. The molecule has 0 bridgehead atoms. The second-order valence-electron chi connectivity index (χ2n) is 5.41. The van der Waals surface area contributed by atoms with E-state index in [1.165, 1.54) is 21.6 Å². The molecule has 2 aromatic rings. The molecule has 0 amide bonds. The third kappa shape index (κ3) is 3.74. The normalized spacial score (nSPS) is 14.8. The highest BCUT2D eigenvalue weighted by molar-refractivity contribution is 9.10. The molecule has 3 rings (SSSR count). The predicted molar refractivity (Wildman–Crippen MR) is 100 cm³/mol. The molecule has 2 heterocycles. The van der Waals surface area contributed by atoms with Gasteiger partial charge in [-0.1, -0.05) is 22.0 Å². The van der Waals surface area contributed by atoms with Gasteiger partial charge in [-0.3, -0.25) is 0 Å². The Balaban J connectivity index is 0.00000176. The van der Waals surface area contributed by atoms with Crippen LogP contribution in [0.2, 0.25) is 0 Å². The van der Waals surface area contributed by atoms with Gasteiger partial charge in [0.1, 0.15) is 12.4 Å². The summed E-state index contributed by atoms with van der Waals surface area (Å²) in [6.07, 6.45) is 3.38. The van der Waals surface area contributed by atoms with Crippen LogP contribution in [0.5, 0.6) is 5.75 Å². The number of thiophene rings is 1. The average Bonchev–Trinajstić information content (AvgIpc) is 2.85. The van der Waals surface area contributed by atoms with E-state index in [0.29, 0.717) is 6.61 Å². The third-order valence-corrected chi connectivity index (χ3v) is 5.01. The molecule has 0 aliphatic carbocycles. The van der Waals surface area contributed by atoms with Gasteiger partial charge in [0.05, 0.1) is 0 Å². The number of rotatable bonds is 3. The minimum Gasteiger partial charge on any atom is -0.488 e. The Kier molecular flexibility index (Phi) is 6.09. The van der Waals surface area contributed by atoms with Gasteiger partial charge < -0.3 is 9.64 Å². The molecule has 1 aromatic heterocycles. The molecule has 0 unspecified atom stereocenters. The quantitative estimate of drug-likeness (QED) is 0.701. The Morgan fingerprint density at radius 1 is 1.32 bits per heavy atom. The van der Waals surface area contributed by atoms with Crippen molar-refractivity contribution in [1.82, 2.24) is 4.90 Å². The lowest BCUT2D eigenvalue weighted by Crippen LogP contribution is -2.12. The van der Waals surface area contributed by atoms with E-state index in [0.717, 1.165) is 23.2 Å². The molecule has 118 valence electrons. The largest absolute Gasteiger partial charge is 0.488 e. The summed E-state index contributed by atoms with van der Waals surface area (Å²) in [7, 11) is 4.21. The first-order valence-electron chi connectivity index (χ1n) is 6.99. The van der Waals surface area contributed by atoms with Gasteiger partial charge in [0, 0.05) is 27.0 Å². The Hall–Kier alpha value is -0.810. The first-order chi connectivity index (χ1) is 10.1. The number of halogens is 2. The van der Waals surface area contributed by atoms with E-state index < -0.39 is 0 Å². The highest BCUT2D eigenvalue weighted by Crippen LogP contribution is 2.40. The number of ether oxygens (including phenoxy) is 1. The lowest BCUT2D eigenvalue weighted by molar-refractivity contribution is 0.307. The zero-order chi connectivity index (χ0) is 14.8. The van der Waals surface area contributed by atoms with Crippen molar-refractivity contribution < 1.29 is 4.74 Å². The molecule has 1 aliphatic heterocycles. The molecule has 0 fully saturated rings. The van der Waals surface area contributed by atoms with Gasteiger partial charge in [0.25, 0.3) is 0 Å². The molecule has 2 nitrogen and oxygen atoms in total. The van der Waals surface area contributed by atoms with E-state index in [-0.39, 0.29) is 12.4 Å². The maximum absolute atomic E-state index is 5.98. The molecule has 5 heteroatoms. The number of fused-ring (bicyclic) bond motifs is 2. The monoisotopic (exact) mass is 399 g/mol. The summed E-state index contributed by atoms with van der Waals surface area (Å²) in [6.45, 7) is 1.70. The van der Waals surface area contributed by atoms with Gasteiger partial charge in [-0.2, -0.15) is 0 Å². The van der Waals surface area contributed by atoms with Crippen LogP contribution in [0.3, 0.4) is 0 Å². The summed E-state index contributed by atoms with van der Waals surface area (Å²) in [5.74, 6) is 0.970. The van der Waals surface area contributed by atoms with Crippen molar-refractivity contribution in [3.8, 4) is 5.75 Å². The van der Waals surface area contributed by atoms with Crippen LogP contribution in [-0.4, -0.2) is 25.5 Å². The van der Waals surface area contributed by atoms with E-state index in [1.807, 2.05) is 6.07 Å². The van der Waals surface area contributed by atoms with Crippen LogP contribution < -0.4 is 4.74 Å². The Labute approximate surface area is 150 Å². The zero-order valence-electron chi connectivity index (χ0n) is 12.6.